The molecular weight excluding hydrogens is 430 g/mol. The first kappa shape index (κ1) is 23.1. The Morgan fingerprint density at radius 2 is 2.03 bits per heavy atom. The molecule has 0 spiro atoms. The number of methoxy groups -OCH3 is 1. The lowest BCUT2D eigenvalue weighted by molar-refractivity contribution is -0.140. The van der Waals surface area contributed by atoms with Crippen LogP contribution < -0.4 is 4.74 Å². The molecule has 0 radical (unpaired) electrons. The Hall–Kier alpha value is -2.05. The normalized spacial score (nSPS) is 25.5. The van der Waals surface area contributed by atoms with Crippen molar-refractivity contribution < 1.29 is 23.8 Å². The Morgan fingerprint density at radius 1 is 1.25 bits per heavy atom. The van der Waals surface area contributed by atoms with Crippen LogP contribution in [0.25, 0.3) is 0 Å². The summed E-state index contributed by atoms with van der Waals surface area (Å²) in [6.07, 6.45) is 4.88. The number of nitrogens with zero attached hydrogens (tertiary/aromatic N) is 1. The van der Waals surface area contributed by atoms with Gasteiger partial charge in [0.2, 0.25) is 0 Å². The third-order valence-electron chi connectivity index (χ3n) is 7.06. The number of ketones is 1. The van der Waals surface area contributed by atoms with Crippen LogP contribution in [0.5, 0.6) is 5.75 Å². The SMILES string of the molecule is CCOC(=O)C1=CN2C(CC1=O)c1cc(Cl)c(OCCCOC)cc1[C@H]1CCC(C)(C)C12. The highest BCUT2D eigenvalue weighted by atomic mass is 35.5. The summed E-state index contributed by atoms with van der Waals surface area (Å²) in [5.74, 6) is 0.249. The van der Waals surface area contributed by atoms with Crippen LogP contribution >= 0.6 is 11.6 Å². The number of fused-ring (bicyclic) bond motifs is 6. The fourth-order valence-electron chi connectivity index (χ4n) is 5.63. The van der Waals surface area contributed by atoms with Crippen molar-refractivity contribution in [2.45, 2.75) is 64.5 Å². The van der Waals surface area contributed by atoms with Gasteiger partial charge in [-0.1, -0.05) is 25.4 Å². The van der Waals surface area contributed by atoms with E-state index in [1.54, 1.807) is 20.2 Å². The molecule has 1 fully saturated rings. The van der Waals surface area contributed by atoms with Gasteiger partial charge >= 0.3 is 5.97 Å². The predicted molar refractivity (Wildman–Crippen MR) is 122 cm³/mol. The zero-order chi connectivity index (χ0) is 23.0. The second-order valence-electron chi connectivity index (χ2n) is 9.54. The highest BCUT2D eigenvalue weighted by molar-refractivity contribution is 6.32. The molecule has 3 atom stereocenters. The first-order valence-electron chi connectivity index (χ1n) is 11.4. The largest absolute Gasteiger partial charge is 0.492 e. The van der Waals surface area contributed by atoms with Gasteiger partial charge in [0.1, 0.15) is 11.3 Å². The van der Waals surface area contributed by atoms with Crippen molar-refractivity contribution in [3.8, 4) is 5.75 Å². The van der Waals surface area contributed by atoms with E-state index < -0.39 is 5.97 Å². The number of halogens is 1. The second-order valence-corrected chi connectivity index (χ2v) is 9.95. The number of carbonyl (C=O) groups is 2. The smallest absolute Gasteiger partial charge is 0.343 e. The third-order valence-corrected chi connectivity index (χ3v) is 7.36. The maximum Gasteiger partial charge on any atom is 0.343 e. The highest BCUT2D eigenvalue weighted by Gasteiger charge is 2.53. The average molecular weight is 462 g/mol. The van der Waals surface area contributed by atoms with E-state index in [4.69, 9.17) is 25.8 Å². The van der Waals surface area contributed by atoms with Crippen molar-refractivity contribution in [3.05, 3.63) is 40.1 Å². The second kappa shape index (κ2) is 9.06. The van der Waals surface area contributed by atoms with E-state index in [0.717, 1.165) is 24.8 Å². The summed E-state index contributed by atoms with van der Waals surface area (Å²) in [5, 5.41) is 0.546. The standard InChI is InChI=1S/C25H32ClNO5/c1-5-31-24(29)18-14-27-20(13-21(18)28)17-11-19(26)22(32-10-6-9-30-4)12-16(17)15-7-8-25(2,3)23(15)27/h11-12,14-15,20,23H,5-10,13H2,1-4H3/t15-,20?,23?/m1/s1. The summed E-state index contributed by atoms with van der Waals surface area (Å²) in [7, 11) is 1.67. The molecule has 174 valence electrons. The van der Waals surface area contributed by atoms with E-state index in [2.05, 4.69) is 24.8 Å². The summed E-state index contributed by atoms with van der Waals surface area (Å²) in [6.45, 7) is 7.70. The van der Waals surface area contributed by atoms with Gasteiger partial charge in [-0.05, 0) is 48.4 Å². The van der Waals surface area contributed by atoms with Crippen molar-refractivity contribution in [2.24, 2.45) is 5.41 Å². The molecular formula is C25H32ClNO5. The molecule has 0 amide bonds. The summed E-state index contributed by atoms with van der Waals surface area (Å²) < 4.78 is 16.2. The molecule has 0 saturated heterocycles. The van der Waals surface area contributed by atoms with Crippen molar-refractivity contribution in [1.29, 1.82) is 0 Å². The Kier molecular flexibility index (Phi) is 6.55. The van der Waals surface area contributed by atoms with Crippen LogP contribution in [0.15, 0.2) is 23.9 Å². The third kappa shape index (κ3) is 4.03. The molecule has 7 heteroatoms. The molecule has 1 saturated carbocycles. The Bertz CT molecular complexity index is 941. The molecule has 2 heterocycles. The molecule has 0 N–H and O–H groups in total. The molecule has 1 aliphatic carbocycles. The van der Waals surface area contributed by atoms with Crippen LogP contribution in [0.3, 0.4) is 0 Å². The number of ether oxygens (including phenoxy) is 3. The fourth-order valence-corrected chi connectivity index (χ4v) is 5.85. The number of Topliss-reactive ketones (excluding diaryl/α,β-unsaturated/α-hetero) is 1. The van der Waals surface area contributed by atoms with Crippen LogP contribution in [0.1, 0.15) is 69.5 Å². The first-order valence-corrected chi connectivity index (χ1v) is 11.8. The lowest BCUT2D eigenvalue weighted by atomic mass is 9.73. The molecule has 6 nitrogen and oxygen atoms in total. The van der Waals surface area contributed by atoms with Gasteiger partial charge in [0.15, 0.2) is 5.78 Å². The van der Waals surface area contributed by atoms with Crippen LogP contribution in [-0.2, 0) is 19.1 Å². The van der Waals surface area contributed by atoms with Gasteiger partial charge in [0.05, 0.1) is 24.3 Å². The molecule has 0 aromatic heterocycles. The first-order chi connectivity index (χ1) is 15.3. The molecule has 0 bridgehead atoms. The summed E-state index contributed by atoms with van der Waals surface area (Å²) in [5.41, 5.74) is 2.47. The monoisotopic (exact) mass is 461 g/mol. The maximum atomic E-state index is 12.9. The molecule has 1 aromatic rings. The van der Waals surface area contributed by atoms with Crippen molar-refractivity contribution >= 4 is 23.4 Å². The molecule has 4 rings (SSSR count). The molecule has 1 aromatic carbocycles. The van der Waals surface area contributed by atoms with E-state index in [-0.39, 0.29) is 47.8 Å². The molecule has 2 unspecified atom stereocenters. The minimum absolute atomic E-state index is 0.0381. The van der Waals surface area contributed by atoms with Crippen LogP contribution in [-0.4, -0.2) is 49.6 Å². The highest BCUT2D eigenvalue weighted by Crippen LogP contribution is 2.58. The van der Waals surface area contributed by atoms with E-state index >= 15 is 0 Å². The maximum absolute atomic E-state index is 12.9. The summed E-state index contributed by atoms with van der Waals surface area (Å²) >= 11 is 6.61. The quantitative estimate of drug-likeness (QED) is 0.330. The van der Waals surface area contributed by atoms with Crippen LogP contribution in [0.2, 0.25) is 5.02 Å². The van der Waals surface area contributed by atoms with Gasteiger partial charge in [-0.2, -0.15) is 0 Å². The van der Waals surface area contributed by atoms with Crippen LogP contribution in [0.4, 0.5) is 0 Å². The molecule has 2 aliphatic heterocycles. The zero-order valence-electron chi connectivity index (χ0n) is 19.3. The Labute approximate surface area is 194 Å². The predicted octanol–water partition coefficient (Wildman–Crippen LogP) is 4.80. The summed E-state index contributed by atoms with van der Waals surface area (Å²) in [6, 6.07) is 4.07. The number of carbonyl (C=O) groups excluding carboxylic acids is 2. The number of hydrogen-bond acceptors (Lipinski definition) is 6. The fraction of sp³-hybridized carbons (Fsp3) is 0.600. The summed E-state index contributed by atoms with van der Waals surface area (Å²) in [4.78, 5) is 27.6. The van der Waals surface area contributed by atoms with Crippen LogP contribution in [0, 0.1) is 5.41 Å². The average Bonchev–Trinajstić information content (AvgIpc) is 3.07. The van der Waals surface area contributed by atoms with Gasteiger partial charge < -0.3 is 19.1 Å². The van der Waals surface area contributed by atoms with Crippen molar-refractivity contribution in [3.63, 3.8) is 0 Å². The molecule has 32 heavy (non-hydrogen) atoms. The Balaban J connectivity index is 1.75. The zero-order valence-corrected chi connectivity index (χ0v) is 20.0. The van der Waals surface area contributed by atoms with Gasteiger partial charge in [-0.3, -0.25) is 4.79 Å². The number of esters is 1. The van der Waals surface area contributed by atoms with Gasteiger partial charge in [-0.25, -0.2) is 4.79 Å². The number of hydrogen-bond donors (Lipinski definition) is 0. The van der Waals surface area contributed by atoms with E-state index in [9.17, 15) is 9.59 Å². The lowest BCUT2D eigenvalue weighted by Crippen LogP contribution is -2.50. The molecule has 3 aliphatic rings. The topological polar surface area (TPSA) is 65.1 Å². The van der Waals surface area contributed by atoms with Gasteiger partial charge in [0.25, 0.3) is 0 Å². The number of rotatable bonds is 7. The number of benzene rings is 1. The van der Waals surface area contributed by atoms with Gasteiger partial charge in [0, 0.05) is 44.7 Å². The Morgan fingerprint density at radius 3 is 2.75 bits per heavy atom. The minimum atomic E-state index is -0.535. The van der Waals surface area contributed by atoms with Gasteiger partial charge in [-0.15, -0.1) is 0 Å². The van der Waals surface area contributed by atoms with E-state index in [0.29, 0.717) is 24.0 Å². The minimum Gasteiger partial charge on any atom is -0.492 e. The van der Waals surface area contributed by atoms with Crippen molar-refractivity contribution in [1.82, 2.24) is 4.90 Å². The van der Waals surface area contributed by atoms with Crippen molar-refractivity contribution in [2.75, 3.05) is 26.9 Å². The van der Waals surface area contributed by atoms with E-state index in [1.165, 1.54) is 5.56 Å². The lowest BCUT2D eigenvalue weighted by Gasteiger charge is -2.50. The van der Waals surface area contributed by atoms with E-state index in [1.807, 2.05) is 6.07 Å².